The lowest BCUT2D eigenvalue weighted by Crippen LogP contribution is -1.89. The second-order valence-corrected chi connectivity index (χ2v) is 4.37. The Hall–Kier alpha value is -1.10. The van der Waals surface area contributed by atoms with Gasteiger partial charge in [0.2, 0.25) is 11.7 Å². The first-order chi connectivity index (χ1) is 8.19. The fourth-order valence-corrected chi connectivity index (χ4v) is 1.91. The molecule has 0 aliphatic heterocycles. The zero-order valence-electron chi connectivity index (χ0n) is 8.86. The number of hydrogen-bond acceptors (Lipinski definition) is 4. The molecule has 17 heavy (non-hydrogen) atoms. The molecule has 1 aromatic heterocycles. The van der Waals surface area contributed by atoms with Crippen molar-refractivity contribution in [1.29, 1.82) is 0 Å². The van der Waals surface area contributed by atoms with E-state index in [0.717, 1.165) is 0 Å². The molecule has 1 heterocycles. The van der Waals surface area contributed by atoms with Crippen molar-refractivity contribution in [1.82, 2.24) is 10.1 Å². The molecule has 1 N–H and O–H groups in total. The predicted molar refractivity (Wildman–Crippen MR) is 65.2 cm³/mol. The standard InChI is InChI=1S/C11H10Cl2N2O2/c12-8-4-7(5-9(13)6-8)11-14-10(17-15-11)2-1-3-16/h4-6,16H,1-3H2. The van der Waals surface area contributed by atoms with Gasteiger partial charge >= 0.3 is 0 Å². The smallest absolute Gasteiger partial charge is 0.227 e. The number of aliphatic hydroxyl groups is 1. The van der Waals surface area contributed by atoms with Crippen molar-refractivity contribution in [2.45, 2.75) is 12.8 Å². The van der Waals surface area contributed by atoms with Crippen molar-refractivity contribution in [3.63, 3.8) is 0 Å². The summed E-state index contributed by atoms with van der Waals surface area (Å²) in [6, 6.07) is 5.07. The lowest BCUT2D eigenvalue weighted by Gasteiger charge is -1.97. The first-order valence-corrected chi connectivity index (χ1v) is 5.84. The van der Waals surface area contributed by atoms with E-state index in [1.54, 1.807) is 18.2 Å². The zero-order valence-corrected chi connectivity index (χ0v) is 10.4. The van der Waals surface area contributed by atoms with Gasteiger partial charge in [0.05, 0.1) is 0 Å². The van der Waals surface area contributed by atoms with Gasteiger partial charge in [0.15, 0.2) is 0 Å². The quantitative estimate of drug-likeness (QED) is 0.930. The lowest BCUT2D eigenvalue weighted by atomic mass is 10.2. The lowest BCUT2D eigenvalue weighted by molar-refractivity contribution is 0.278. The Labute approximate surface area is 108 Å². The second kappa shape index (κ2) is 5.49. The Morgan fingerprint density at radius 2 is 1.88 bits per heavy atom. The minimum atomic E-state index is 0.0979. The number of nitrogens with zero attached hydrogens (tertiary/aromatic N) is 2. The van der Waals surface area contributed by atoms with Crippen LogP contribution in [-0.4, -0.2) is 21.9 Å². The first-order valence-electron chi connectivity index (χ1n) is 5.09. The predicted octanol–water partition coefficient (Wildman–Crippen LogP) is 2.97. The van der Waals surface area contributed by atoms with Crippen LogP contribution < -0.4 is 0 Å². The Bertz CT molecular complexity index is 494. The van der Waals surface area contributed by atoms with E-state index in [2.05, 4.69) is 10.1 Å². The van der Waals surface area contributed by atoms with Crippen LogP contribution in [0.25, 0.3) is 11.4 Å². The molecule has 1 aromatic carbocycles. The fourth-order valence-electron chi connectivity index (χ4n) is 1.39. The molecule has 2 rings (SSSR count). The highest BCUT2D eigenvalue weighted by molar-refractivity contribution is 6.35. The van der Waals surface area contributed by atoms with Crippen molar-refractivity contribution >= 4 is 23.2 Å². The van der Waals surface area contributed by atoms with Crippen LogP contribution in [-0.2, 0) is 6.42 Å². The van der Waals surface area contributed by atoms with E-state index in [0.29, 0.717) is 40.2 Å². The van der Waals surface area contributed by atoms with Gasteiger partial charge in [-0.15, -0.1) is 0 Å². The number of hydrogen-bond donors (Lipinski definition) is 1. The van der Waals surface area contributed by atoms with Crippen molar-refractivity contribution in [2.24, 2.45) is 0 Å². The van der Waals surface area contributed by atoms with Crippen LogP contribution in [0.5, 0.6) is 0 Å². The summed E-state index contributed by atoms with van der Waals surface area (Å²) >= 11 is 11.8. The SMILES string of the molecule is OCCCc1nc(-c2cc(Cl)cc(Cl)c2)no1. The van der Waals surface area contributed by atoms with E-state index in [1.165, 1.54) is 0 Å². The van der Waals surface area contributed by atoms with Crippen LogP contribution in [0, 0.1) is 0 Å². The molecule has 0 saturated carbocycles. The highest BCUT2D eigenvalue weighted by atomic mass is 35.5. The normalized spacial score (nSPS) is 10.8. The Balaban J connectivity index is 2.24. The third kappa shape index (κ3) is 3.19. The average molecular weight is 273 g/mol. The molecule has 0 aliphatic rings. The molecule has 0 bridgehead atoms. The summed E-state index contributed by atoms with van der Waals surface area (Å²) in [4.78, 5) is 4.19. The first kappa shape index (κ1) is 12.4. The number of aryl methyl sites for hydroxylation is 1. The number of aliphatic hydroxyl groups excluding tert-OH is 1. The van der Waals surface area contributed by atoms with Crippen LogP contribution in [0.2, 0.25) is 10.0 Å². The van der Waals surface area contributed by atoms with Gasteiger partial charge in [-0.25, -0.2) is 0 Å². The van der Waals surface area contributed by atoms with Crippen molar-refractivity contribution < 1.29 is 9.63 Å². The monoisotopic (exact) mass is 272 g/mol. The van der Waals surface area contributed by atoms with E-state index < -0.39 is 0 Å². The highest BCUT2D eigenvalue weighted by Crippen LogP contribution is 2.25. The van der Waals surface area contributed by atoms with Crippen LogP contribution in [0.3, 0.4) is 0 Å². The Kier molecular flexibility index (Phi) is 3.99. The number of aromatic nitrogens is 2. The van der Waals surface area contributed by atoms with E-state index in [9.17, 15) is 0 Å². The van der Waals surface area contributed by atoms with E-state index in [-0.39, 0.29) is 6.61 Å². The van der Waals surface area contributed by atoms with E-state index in [4.69, 9.17) is 32.8 Å². The largest absolute Gasteiger partial charge is 0.396 e. The van der Waals surface area contributed by atoms with Crippen molar-refractivity contribution in [3.8, 4) is 11.4 Å². The van der Waals surface area contributed by atoms with E-state index in [1.807, 2.05) is 0 Å². The van der Waals surface area contributed by atoms with Gasteiger partial charge in [0, 0.05) is 28.6 Å². The molecule has 2 aromatic rings. The Morgan fingerprint density at radius 3 is 2.53 bits per heavy atom. The molecule has 0 amide bonds. The van der Waals surface area contributed by atoms with Gasteiger partial charge in [0.1, 0.15) is 0 Å². The summed E-state index contributed by atoms with van der Waals surface area (Å²) in [6.07, 6.45) is 1.15. The molecule has 0 atom stereocenters. The third-order valence-corrected chi connectivity index (χ3v) is 2.57. The average Bonchev–Trinajstić information content (AvgIpc) is 2.73. The summed E-state index contributed by atoms with van der Waals surface area (Å²) in [5, 5.41) is 13.6. The van der Waals surface area contributed by atoms with Gasteiger partial charge in [0.25, 0.3) is 0 Å². The minimum absolute atomic E-state index is 0.0979. The molecular weight excluding hydrogens is 263 g/mol. The number of rotatable bonds is 4. The summed E-state index contributed by atoms with van der Waals surface area (Å²) < 4.78 is 5.04. The number of benzene rings is 1. The van der Waals surface area contributed by atoms with Gasteiger partial charge in [-0.1, -0.05) is 28.4 Å². The summed E-state index contributed by atoms with van der Waals surface area (Å²) in [5.41, 5.74) is 0.710. The molecule has 0 fully saturated rings. The van der Waals surface area contributed by atoms with Gasteiger partial charge in [-0.2, -0.15) is 4.98 Å². The van der Waals surface area contributed by atoms with Crippen molar-refractivity contribution in [3.05, 3.63) is 34.1 Å². The topological polar surface area (TPSA) is 59.2 Å². The molecule has 4 nitrogen and oxygen atoms in total. The zero-order chi connectivity index (χ0) is 12.3. The van der Waals surface area contributed by atoms with Crippen molar-refractivity contribution in [2.75, 3.05) is 6.61 Å². The molecular formula is C11H10Cl2N2O2. The van der Waals surface area contributed by atoms with Gasteiger partial charge < -0.3 is 9.63 Å². The van der Waals surface area contributed by atoms with Gasteiger partial charge in [-0.05, 0) is 24.6 Å². The maximum Gasteiger partial charge on any atom is 0.227 e. The third-order valence-electron chi connectivity index (χ3n) is 2.14. The summed E-state index contributed by atoms with van der Waals surface area (Å²) in [7, 11) is 0. The fraction of sp³-hybridized carbons (Fsp3) is 0.273. The Morgan fingerprint density at radius 1 is 1.18 bits per heavy atom. The summed E-state index contributed by atoms with van der Waals surface area (Å²) in [6.45, 7) is 0.0979. The minimum Gasteiger partial charge on any atom is -0.396 e. The van der Waals surface area contributed by atoms with Crippen LogP contribution >= 0.6 is 23.2 Å². The molecule has 0 radical (unpaired) electrons. The second-order valence-electron chi connectivity index (χ2n) is 3.50. The van der Waals surface area contributed by atoms with E-state index >= 15 is 0 Å². The molecule has 90 valence electrons. The molecule has 0 aliphatic carbocycles. The molecule has 0 spiro atoms. The number of halogens is 2. The van der Waals surface area contributed by atoms with Crippen LogP contribution in [0.4, 0.5) is 0 Å². The van der Waals surface area contributed by atoms with Gasteiger partial charge in [-0.3, -0.25) is 0 Å². The molecule has 0 saturated heterocycles. The summed E-state index contributed by atoms with van der Waals surface area (Å²) in [5.74, 6) is 0.937. The van der Waals surface area contributed by atoms with Crippen LogP contribution in [0.1, 0.15) is 12.3 Å². The highest BCUT2D eigenvalue weighted by Gasteiger charge is 2.09. The van der Waals surface area contributed by atoms with Crippen LogP contribution in [0.15, 0.2) is 22.7 Å². The maximum atomic E-state index is 8.70. The maximum absolute atomic E-state index is 8.70. The molecule has 6 heteroatoms. The molecule has 0 unspecified atom stereocenters.